The van der Waals surface area contributed by atoms with E-state index in [9.17, 15) is 9.59 Å². The molecule has 0 aliphatic heterocycles. The van der Waals surface area contributed by atoms with Crippen LogP contribution in [0.15, 0.2) is 24.3 Å². The second kappa shape index (κ2) is 6.23. The average molecular weight is 374 g/mol. The maximum Gasteiger partial charge on any atom is 0.322 e. The summed E-state index contributed by atoms with van der Waals surface area (Å²) >= 11 is 2.18. The lowest BCUT2D eigenvalue weighted by Gasteiger charge is -2.22. The van der Waals surface area contributed by atoms with Crippen molar-refractivity contribution in [2.45, 2.75) is 25.3 Å². The molecule has 1 aliphatic rings. The van der Waals surface area contributed by atoms with Gasteiger partial charge in [-0.3, -0.25) is 4.79 Å². The summed E-state index contributed by atoms with van der Waals surface area (Å²) in [5.74, 6) is -0.882. The van der Waals surface area contributed by atoms with Gasteiger partial charge in [-0.05, 0) is 53.6 Å². The first-order valence-electron chi connectivity index (χ1n) is 6.11. The van der Waals surface area contributed by atoms with E-state index in [1.807, 2.05) is 24.3 Å². The van der Waals surface area contributed by atoms with E-state index in [0.29, 0.717) is 0 Å². The number of rotatable bonds is 5. The highest BCUT2D eigenvalue weighted by atomic mass is 127. The van der Waals surface area contributed by atoms with E-state index < -0.39 is 5.97 Å². The van der Waals surface area contributed by atoms with Crippen LogP contribution in [0.1, 0.15) is 19.3 Å². The molecule has 1 aliphatic carbocycles. The molecule has 1 aromatic carbocycles. The van der Waals surface area contributed by atoms with Crippen molar-refractivity contribution in [3.05, 3.63) is 27.8 Å². The number of amides is 2. The fraction of sp³-hybridized carbons (Fsp3) is 0.385. The largest absolute Gasteiger partial charge is 0.481 e. The number of carbonyl (C=O) groups is 2. The number of aliphatic carboxylic acids is 1. The Kier molecular flexibility index (Phi) is 4.62. The van der Waals surface area contributed by atoms with Crippen molar-refractivity contribution >= 4 is 40.3 Å². The van der Waals surface area contributed by atoms with E-state index >= 15 is 0 Å². The van der Waals surface area contributed by atoms with Crippen LogP contribution in [0.25, 0.3) is 0 Å². The third kappa shape index (κ3) is 4.38. The average Bonchev–Trinajstić information content (AvgIpc) is 3.13. The molecular formula is C13H15IN2O3. The monoisotopic (exact) mass is 374 g/mol. The molecule has 2 N–H and O–H groups in total. The molecule has 1 fully saturated rings. The molecule has 102 valence electrons. The number of hydrogen-bond donors (Lipinski definition) is 2. The Bertz CT molecular complexity index is 489. The van der Waals surface area contributed by atoms with Gasteiger partial charge in [-0.15, -0.1) is 0 Å². The molecule has 0 unspecified atom stereocenters. The van der Waals surface area contributed by atoms with Gasteiger partial charge in [0.15, 0.2) is 0 Å². The molecule has 2 amide bonds. The van der Waals surface area contributed by atoms with Gasteiger partial charge in [-0.1, -0.05) is 6.07 Å². The van der Waals surface area contributed by atoms with Crippen LogP contribution >= 0.6 is 22.6 Å². The van der Waals surface area contributed by atoms with Crippen LogP contribution in [0.2, 0.25) is 0 Å². The third-order valence-corrected chi connectivity index (χ3v) is 3.56. The fourth-order valence-electron chi connectivity index (χ4n) is 1.81. The van der Waals surface area contributed by atoms with E-state index in [4.69, 9.17) is 5.11 Å². The predicted molar refractivity (Wildman–Crippen MR) is 80.2 cm³/mol. The van der Waals surface area contributed by atoms with Gasteiger partial charge < -0.3 is 15.3 Å². The minimum atomic E-state index is -0.882. The summed E-state index contributed by atoms with van der Waals surface area (Å²) in [6.07, 6.45) is 1.90. The summed E-state index contributed by atoms with van der Waals surface area (Å²) in [5, 5.41) is 11.5. The van der Waals surface area contributed by atoms with Crippen molar-refractivity contribution < 1.29 is 14.7 Å². The number of hydrogen-bond acceptors (Lipinski definition) is 2. The highest BCUT2D eigenvalue weighted by molar-refractivity contribution is 14.1. The number of anilines is 1. The molecule has 1 aromatic rings. The topological polar surface area (TPSA) is 69.6 Å². The van der Waals surface area contributed by atoms with E-state index in [2.05, 4.69) is 27.9 Å². The van der Waals surface area contributed by atoms with Crippen LogP contribution in [0, 0.1) is 3.57 Å². The van der Waals surface area contributed by atoms with Crippen molar-refractivity contribution in [3.8, 4) is 0 Å². The first kappa shape index (κ1) is 14.1. The van der Waals surface area contributed by atoms with Crippen molar-refractivity contribution in [2.75, 3.05) is 11.9 Å². The highest BCUT2D eigenvalue weighted by Gasteiger charge is 2.32. The molecule has 0 atom stereocenters. The molecule has 0 radical (unpaired) electrons. The van der Waals surface area contributed by atoms with Crippen molar-refractivity contribution in [1.82, 2.24) is 4.90 Å². The van der Waals surface area contributed by atoms with E-state index in [-0.39, 0.29) is 25.0 Å². The first-order valence-corrected chi connectivity index (χ1v) is 7.19. The van der Waals surface area contributed by atoms with Crippen molar-refractivity contribution in [2.24, 2.45) is 0 Å². The van der Waals surface area contributed by atoms with Crippen LogP contribution in [0.4, 0.5) is 10.5 Å². The third-order valence-electron chi connectivity index (χ3n) is 2.89. The Morgan fingerprint density at radius 3 is 2.74 bits per heavy atom. The summed E-state index contributed by atoms with van der Waals surface area (Å²) < 4.78 is 1.04. The molecule has 5 nitrogen and oxygen atoms in total. The molecule has 0 spiro atoms. The molecule has 0 saturated heterocycles. The normalized spacial score (nSPS) is 13.9. The zero-order valence-electron chi connectivity index (χ0n) is 10.3. The molecule has 2 rings (SSSR count). The predicted octanol–water partition coefficient (Wildman–Crippen LogP) is 2.76. The molecule has 6 heteroatoms. The Labute approximate surface area is 125 Å². The fourth-order valence-corrected chi connectivity index (χ4v) is 2.36. The number of halogens is 1. The Morgan fingerprint density at radius 1 is 1.42 bits per heavy atom. The van der Waals surface area contributed by atoms with Gasteiger partial charge in [-0.25, -0.2) is 4.79 Å². The molecule has 19 heavy (non-hydrogen) atoms. The SMILES string of the molecule is O=C(O)CCN(C(=O)Nc1cccc(I)c1)C1CC1. The minimum absolute atomic E-state index is 0.0176. The van der Waals surface area contributed by atoms with Crippen LogP contribution in [-0.2, 0) is 4.79 Å². The molecular weight excluding hydrogens is 359 g/mol. The summed E-state index contributed by atoms with van der Waals surface area (Å²) in [7, 11) is 0. The van der Waals surface area contributed by atoms with E-state index in [1.165, 1.54) is 0 Å². The summed E-state index contributed by atoms with van der Waals surface area (Å²) in [5.41, 5.74) is 0.734. The van der Waals surface area contributed by atoms with Gasteiger partial charge in [0.25, 0.3) is 0 Å². The zero-order chi connectivity index (χ0) is 13.8. The van der Waals surface area contributed by atoms with Crippen molar-refractivity contribution in [1.29, 1.82) is 0 Å². The van der Waals surface area contributed by atoms with Gasteiger partial charge in [0.2, 0.25) is 0 Å². The van der Waals surface area contributed by atoms with Crippen molar-refractivity contribution in [3.63, 3.8) is 0 Å². The lowest BCUT2D eigenvalue weighted by atomic mass is 10.3. The standard InChI is InChI=1S/C13H15IN2O3/c14-9-2-1-3-10(8-9)15-13(19)16(11-4-5-11)7-6-12(17)18/h1-3,8,11H,4-7H2,(H,15,19)(H,17,18). The maximum atomic E-state index is 12.1. The summed E-state index contributed by atoms with van der Waals surface area (Å²) in [6.45, 7) is 0.260. The minimum Gasteiger partial charge on any atom is -0.481 e. The van der Waals surface area contributed by atoms with Gasteiger partial charge in [0.05, 0.1) is 6.42 Å². The number of carboxylic acids is 1. The number of nitrogens with one attached hydrogen (secondary N) is 1. The van der Waals surface area contributed by atoms with E-state index in [0.717, 1.165) is 22.1 Å². The smallest absolute Gasteiger partial charge is 0.322 e. The molecule has 0 bridgehead atoms. The van der Waals surface area contributed by atoms with Gasteiger partial charge in [0.1, 0.15) is 0 Å². The number of carbonyl (C=O) groups excluding carboxylic acids is 1. The highest BCUT2D eigenvalue weighted by Crippen LogP contribution is 2.27. The number of carboxylic acid groups (broad SMARTS) is 1. The second-order valence-electron chi connectivity index (χ2n) is 4.51. The number of benzene rings is 1. The van der Waals surface area contributed by atoms with Crippen LogP contribution in [0.5, 0.6) is 0 Å². The summed E-state index contributed by atoms with van der Waals surface area (Å²) in [4.78, 5) is 24.4. The van der Waals surface area contributed by atoms with Gasteiger partial charge >= 0.3 is 12.0 Å². The Hall–Kier alpha value is -1.31. The number of nitrogens with zero attached hydrogens (tertiary/aromatic N) is 1. The van der Waals surface area contributed by atoms with E-state index in [1.54, 1.807) is 4.90 Å². The Balaban J connectivity index is 1.97. The van der Waals surface area contributed by atoms with Crippen LogP contribution in [0.3, 0.4) is 0 Å². The lowest BCUT2D eigenvalue weighted by molar-refractivity contribution is -0.137. The molecule has 0 heterocycles. The maximum absolute atomic E-state index is 12.1. The summed E-state index contributed by atoms with van der Waals surface area (Å²) in [6, 6.07) is 7.49. The first-order chi connectivity index (χ1) is 9.06. The number of urea groups is 1. The van der Waals surface area contributed by atoms with Gasteiger partial charge in [0, 0.05) is 21.8 Å². The lowest BCUT2D eigenvalue weighted by Crippen LogP contribution is -2.38. The second-order valence-corrected chi connectivity index (χ2v) is 5.75. The molecule has 1 saturated carbocycles. The Morgan fingerprint density at radius 2 is 2.16 bits per heavy atom. The van der Waals surface area contributed by atoms with Gasteiger partial charge in [-0.2, -0.15) is 0 Å². The zero-order valence-corrected chi connectivity index (χ0v) is 12.5. The van der Waals surface area contributed by atoms with Crippen LogP contribution in [-0.4, -0.2) is 34.6 Å². The van der Waals surface area contributed by atoms with Crippen LogP contribution < -0.4 is 5.32 Å². The molecule has 0 aromatic heterocycles. The quantitative estimate of drug-likeness (QED) is 0.779.